The van der Waals surface area contributed by atoms with Gasteiger partial charge in [0.2, 0.25) is 5.82 Å². The van der Waals surface area contributed by atoms with E-state index in [0.717, 1.165) is 16.9 Å². The number of pyridine rings is 1. The summed E-state index contributed by atoms with van der Waals surface area (Å²) in [5.41, 5.74) is 2.95. The van der Waals surface area contributed by atoms with Crippen molar-refractivity contribution in [2.75, 3.05) is 5.32 Å². The molecule has 0 bridgehead atoms. The quantitative estimate of drug-likeness (QED) is 0.618. The SMILES string of the molecule is Cc1cncc(-c2nc(Nc3ccncc3Cl)c3cccn3n2)n1. The third kappa shape index (κ3) is 2.65. The lowest BCUT2D eigenvalue weighted by Gasteiger charge is -2.10. The van der Waals surface area contributed by atoms with E-state index in [1.54, 1.807) is 35.4 Å². The zero-order valence-electron chi connectivity index (χ0n) is 12.7. The highest BCUT2D eigenvalue weighted by Crippen LogP contribution is 2.26. The number of anilines is 2. The van der Waals surface area contributed by atoms with Gasteiger partial charge in [0.25, 0.3) is 0 Å². The van der Waals surface area contributed by atoms with Crippen LogP contribution in [0.5, 0.6) is 0 Å². The number of rotatable bonds is 3. The third-order valence-corrected chi connectivity index (χ3v) is 3.70. The van der Waals surface area contributed by atoms with Crippen molar-refractivity contribution in [2.45, 2.75) is 6.92 Å². The van der Waals surface area contributed by atoms with E-state index in [9.17, 15) is 0 Å². The standard InChI is InChI=1S/C16H12ClN7/c1-10-7-19-9-13(20-10)15-22-16(14-3-2-6-24(14)23-15)21-12-4-5-18-8-11(12)17/h2-9H,1H3,(H,18,21,22,23). The van der Waals surface area contributed by atoms with Crippen LogP contribution in [0.1, 0.15) is 5.69 Å². The second kappa shape index (κ2) is 5.86. The van der Waals surface area contributed by atoms with Crippen LogP contribution in [0, 0.1) is 6.92 Å². The van der Waals surface area contributed by atoms with Crippen LogP contribution in [0.25, 0.3) is 17.0 Å². The van der Waals surface area contributed by atoms with Crippen LogP contribution in [0.3, 0.4) is 0 Å². The lowest BCUT2D eigenvalue weighted by molar-refractivity contribution is 0.905. The number of hydrogen-bond donors (Lipinski definition) is 1. The largest absolute Gasteiger partial charge is 0.337 e. The van der Waals surface area contributed by atoms with Crippen molar-refractivity contribution >= 4 is 28.6 Å². The Kier molecular flexibility index (Phi) is 3.55. The fraction of sp³-hybridized carbons (Fsp3) is 0.0625. The summed E-state index contributed by atoms with van der Waals surface area (Å²) in [5, 5.41) is 8.23. The van der Waals surface area contributed by atoms with Gasteiger partial charge in [0.1, 0.15) is 11.2 Å². The second-order valence-corrected chi connectivity index (χ2v) is 5.56. The van der Waals surface area contributed by atoms with Gasteiger partial charge in [-0.2, -0.15) is 0 Å². The molecule has 0 fully saturated rings. The number of aromatic nitrogens is 6. The molecule has 0 aliphatic rings. The first kappa shape index (κ1) is 14.5. The molecular formula is C16H12ClN7. The Morgan fingerprint density at radius 3 is 2.83 bits per heavy atom. The van der Waals surface area contributed by atoms with Gasteiger partial charge >= 0.3 is 0 Å². The zero-order valence-corrected chi connectivity index (χ0v) is 13.4. The molecule has 0 saturated carbocycles. The molecule has 0 atom stereocenters. The van der Waals surface area contributed by atoms with Crippen LogP contribution in [-0.2, 0) is 0 Å². The number of aryl methyl sites for hydroxylation is 1. The summed E-state index contributed by atoms with van der Waals surface area (Å²) < 4.78 is 1.74. The van der Waals surface area contributed by atoms with E-state index >= 15 is 0 Å². The fourth-order valence-corrected chi connectivity index (χ4v) is 2.48. The van der Waals surface area contributed by atoms with Gasteiger partial charge in [0, 0.05) is 24.8 Å². The lowest BCUT2D eigenvalue weighted by atomic mass is 10.3. The molecule has 4 heterocycles. The number of halogens is 1. The molecule has 0 saturated heterocycles. The monoisotopic (exact) mass is 337 g/mol. The van der Waals surface area contributed by atoms with Crippen molar-refractivity contribution in [3.05, 3.63) is 59.9 Å². The molecule has 0 unspecified atom stereocenters. The van der Waals surface area contributed by atoms with Gasteiger partial charge in [-0.3, -0.25) is 9.97 Å². The molecule has 0 amide bonds. The van der Waals surface area contributed by atoms with Gasteiger partial charge in [-0.15, -0.1) is 5.10 Å². The summed E-state index contributed by atoms with van der Waals surface area (Å²) in [7, 11) is 0. The van der Waals surface area contributed by atoms with Gasteiger partial charge in [0.15, 0.2) is 5.82 Å². The van der Waals surface area contributed by atoms with E-state index < -0.39 is 0 Å². The highest BCUT2D eigenvalue weighted by atomic mass is 35.5. The molecule has 118 valence electrons. The second-order valence-electron chi connectivity index (χ2n) is 5.15. The summed E-state index contributed by atoms with van der Waals surface area (Å²) in [4.78, 5) is 17.2. The maximum absolute atomic E-state index is 6.18. The summed E-state index contributed by atoms with van der Waals surface area (Å²) in [6.07, 6.45) is 8.42. The minimum absolute atomic E-state index is 0.475. The average molecular weight is 338 g/mol. The van der Waals surface area contributed by atoms with Crippen molar-refractivity contribution in [3.8, 4) is 11.5 Å². The Balaban J connectivity index is 1.85. The molecule has 4 aromatic heterocycles. The Hall–Kier alpha value is -3.06. The number of nitrogens with one attached hydrogen (secondary N) is 1. The Morgan fingerprint density at radius 1 is 1.08 bits per heavy atom. The first-order valence-corrected chi connectivity index (χ1v) is 7.59. The minimum Gasteiger partial charge on any atom is -0.337 e. The Morgan fingerprint density at radius 2 is 2.00 bits per heavy atom. The summed E-state index contributed by atoms with van der Waals surface area (Å²) >= 11 is 6.18. The fourth-order valence-electron chi connectivity index (χ4n) is 2.31. The molecule has 0 aliphatic heterocycles. The van der Waals surface area contributed by atoms with Crippen LogP contribution in [0.4, 0.5) is 11.5 Å². The topological polar surface area (TPSA) is 80.9 Å². The molecule has 1 N–H and O–H groups in total. The van der Waals surface area contributed by atoms with Crippen LogP contribution in [-0.4, -0.2) is 29.5 Å². The summed E-state index contributed by atoms with van der Waals surface area (Å²) in [6.45, 7) is 1.88. The number of hydrogen-bond acceptors (Lipinski definition) is 6. The van der Waals surface area contributed by atoms with Crippen molar-refractivity contribution in [3.63, 3.8) is 0 Å². The van der Waals surface area contributed by atoms with Crippen molar-refractivity contribution in [1.29, 1.82) is 0 Å². The maximum Gasteiger partial charge on any atom is 0.202 e. The van der Waals surface area contributed by atoms with E-state index in [-0.39, 0.29) is 0 Å². The van der Waals surface area contributed by atoms with Crippen molar-refractivity contribution in [2.24, 2.45) is 0 Å². The van der Waals surface area contributed by atoms with Crippen LogP contribution < -0.4 is 5.32 Å². The minimum atomic E-state index is 0.475. The Labute approximate surface area is 142 Å². The maximum atomic E-state index is 6.18. The normalized spacial score (nSPS) is 10.9. The molecule has 7 nitrogen and oxygen atoms in total. The predicted octanol–water partition coefficient (Wildman–Crippen LogP) is 3.29. The van der Waals surface area contributed by atoms with E-state index in [2.05, 4.69) is 30.4 Å². The summed E-state index contributed by atoms with van der Waals surface area (Å²) in [5.74, 6) is 1.10. The molecule has 4 aromatic rings. The van der Waals surface area contributed by atoms with Crippen LogP contribution >= 0.6 is 11.6 Å². The molecule has 0 aromatic carbocycles. The zero-order chi connectivity index (χ0) is 16.5. The van der Waals surface area contributed by atoms with Gasteiger partial charge in [-0.05, 0) is 25.1 Å². The van der Waals surface area contributed by atoms with Gasteiger partial charge in [-0.25, -0.2) is 14.5 Å². The Bertz CT molecular complexity index is 1030. The molecule has 0 radical (unpaired) electrons. The van der Waals surface area contributed by atoms with Crippen LogP contribution in [0.2, 0.25) is 5.02 Å². The molecular weight excluding hydrogens is 326 g/mol. The number of nitrogens with zero attached hydrogens (tertiary/aromatic N) is 6. The first-order valence-electron chi connectivity index (χ1n) is 7.21. The number of fused-ring (bicyclic) bond motifs is 1. The molecule has 0 spiro atoms. The third-order valence-electron chi connectivity index (χ3n) is 3.40. The van der Waals surface area contributed by atoms with Crippen molar-refractivity contribution in [1.82, 2.24) is 29.5 Å². The van der Waals surface area contributed by atoms with Gasteiger partial charge in [0.05, 0.1) is 22.6 Å². The highest BCUT2D eigenvalue weighted by molar-refractivity contribution is 6.33. The lowest BCUT2D eigenvalue weighted by Crippen LogP contribution is -2.04. The predicted molar refractivity (Wildman–Crippen MR) is 91.3 cm³/mol. The smallest absolute Gasteiger partial charge is 0.202 e. The summed E-state index contributed by atoms with van der Waals surface area (Å²) in [6, 6.07) is 5.61. The van der Waals surface area contributed by atoms with Crippen molar-refractivity contribution < 1.29 is 0 Å². The molecule has 4 rings (SSSR count). The van der Waals surface area contributed by atoms with Gasteiger partial charge < -0.3 is 5.32 Å². The first-order chi connectivity index (χ1) is 11.7. The molecule has 0 aliphatic carbocycles. The molecule has 24 heavy (non-hydrogen) atoms. The average Bonchev–Trinajstić information content (AvgIpc) is 3.06. The van der Waals surface area contributed by atoms with E-state index in [4.69, 9.17) is 11.6 Å². The van der Waals surface area contributed by atoms with Crippen LogP contribution in [0.15, 0.2) is 49.2 Å². The van der Waals surface area contributed by atoms with Gasteiger partial charge in [-0.1, -0.05) is 11.6 Å². The van der Waals surface area contributed by atoms with E-state index in [0.29, 0.717) is 22.4 Å². The van der Waals surface area contributed by atoms with E-state index in [1.165, 1.54) is 0 Å². The molecule has 8 heteroatoms. The van der Waals surface area contributed by atoms with E-state index in [1.807, 2.05) is 25.3 Å². The highest BCUT2D eigenvalue weighted by Gasteiger charge is 2.12.